The highest BCUT2D eigenvalue weighted by Crippen LogP contribution is 2.36. The second-order valence-electron chi connectivity index (χ2n) is 7.20. The average Bonchev–Trinajstić information content (AvgIpc) is 2.68. The first kappa shape index (κ1) is 20.8. The molecule has 2 heterocycles. The Morgan fingerprint density at radius 2 is 1.90 bits per heavy atom. The number of amides is 3. The smallest absolute Gasteiger partial charge is 0.332 e. The Morgan fingerprint density at radius 1 is 1.13 bits per heavy atom. The molecule has 1 fully saturated rings. The zero-order chi connectivity index (χ0) is 21.6. The van der Waals surface area contributed by atoms with E-state index in [1.807, 2.05) is 6.07 Å². The molecule has 5 nitrogen and oxygen atoms in total. The molecule has 0 spiro atoms. The summed E-state index contributed by atoms with van der Waals surface area (Å²) in [6, 6.07) is 7.09. The maximum absolute atomic E-state index is 13.0. The molecule has 2 aliphatic rings. The second kappa shape index (κ2) is 7.67. The van der Waals surface area contributed by atoms with Gasteiger partial charge in [-0.2, -0.15) is 13.2 Å². The van der Waals surface area contributed by atoms with E-state index < -0.39 is 17.8 Å². The molecule has 10 heteroatoms. The van der Waals surface area contributed by atoms with Crippen LogP contribution in [0.2, 0.25) is 10.0 Å². The topological polar surface area (TPSA) is 52.7 Å². The van der Waals surface area contributed by atoms with Gasteiger partial charge in [0.1, 0.15) is 6.54 Å². The van der Waals surface area contributed by atoms with Crippen molar-refractivity contribution in [1.29, 1.82) is 0 Å². The predicted octanol–water partition coefficient (Wildman–Crippen LogP) is 4.99. The quantitative estimate of drug-likeness (QED) is 0.655. The first-order valence-electron chi connectivity index (χ1n) is 9.14. The third-order valence-electron chi connectivity index (χ3n) is 5.33. The van der Waals surface area contributed by atoms with Crippen molar-refractivity contribution in [2.24, 2.45) is 0 Å². The molecule has 1 atom stereocenters. The van der Waals surface area contributed by atoms with Crippen LogP contribution in [0.15, 0.2) is 36.4 Å². The number of piperazine rings is 1. The molecule has 0 bridgehead atoms. The van der Waals surface area contributed by atoms with Crippen molar-refractivity contribution in [2.45, 2.75) is 18.6 Å². The number of hydrogen-bond acceptors (Lipinski definition) is 2. The van der Waals surface area contributed by atoms with E-state index in [1.165, 1.54) is 4.90 Å². The first-order valence-corrected chi connectivity index (χ1v) is 9.89. The molecule has 2 aromatic carbocycles. The Bertz CT molecular complexity index is 1030. The molecule has 2 aliphatic heterocycles. The largest absolute Gasteiger partial charge is 0.416 e. The lowest BCUT2D eigenvalue weighted by Crippen LogP contribution is -2.56. The van der Waals surface area contributed by atoms with Gasteiger partial charge >= 0.3 is 12.2 Å². The average molecular weight is 458 g/mol. The summed E-state index contributed by atoms with van der Waals surface area (Å²) >= 11 is 12.1. The monoisotopic (exact) mass is 457 g/mol. The van der Waals surface area contributed by atoms with Gasteiger partial charge in [0.2, 0.25) is 5.91 Å². The Kier molecular flexibility index (Phi) is 5.32. The number of rotatable bonds is 1. The molecule has 0 aliphatic carbocycles. The lowest BCUT2D eigenvalue weighted by Gasteiger charge is -2.44. The number of urea groups is 1. The van der Waals surface area contributed by atoms with Crippen LogP contribution in [0.5, 0.6) is 0 Å². The van der Waals surface area contributed by atoms with Gasteiger partial charge in [0.15, 0.2) is 0 Å². The fourth-order valence-corrected chi connectivity index (χ4v) is 4.18. The van der Waals surface area contributed by atoms with Crippen LogP contribution in [-0.4, -0.2) is 41.4 Å². The third-order valence-corrected chi connectivity index (χ3v) is 5.89. The predicted molar refractivity (Wildman–Crippen MR) is 107 cm³/mol. The second-order valence-corrected chi connectivity index (χ2v) is 8.04. The number of alkyl halides is 3. The molecule has 0 aromatic heterocycles. The minimum Gasteiger partial charge on any atom is -0.332 e. The zero-order valence-corrected chi connectivity index (χ0v) is 17.0. The maximum atomic E-state index is 13.0. The minimum absolute atomic E-state index is 0.0314. The van der Waals surface area contributed by atoms with E-state index in [9.17, 15) is 22.8 Å². The Morgan fingerprint density at radius 3 is 2.63 bits per heavy atom. The SMILES string of the molecule is O=C(Nc1cc(C(F)(F)F)ccc1Cl)N1CC(=O)N2CCc3ccc(Cl)cc3C2C1. The summed E-state index contributed by atoms with van der Waals surface area (Å²) in [4.78, 5) is 28.4. The number of halogens is 5. The maximum Gasteiger partial charge on any atom is 0.416 e. The summed E-state index contributed by atoms with van der Waals surface area (Å²) in [5, 5.41) is 2.90. The van der Waals surface area contributed by atoms with Crippen molar-refractivity contribution in [3.05, 3.63) is 63.1 Å². The summed E-state index contributed by atoms with van der Waals surface area (Å²) < 4.78 is 38.9. The van der Waals surface area contributed by atoms with Crippen LogP contribution in [-0.2, 0) is 17.4 Å². The summed E-state index contributed by atoms with van der Waals surface area (Å²) in [7, 11) is 0. The number of fused-ring (bicyclic) bond motifs is 3. The van der Waals surface area contributed by atoms with E-state index in [2.05, 4.69) is 5.32 Å². The molecular weight excluding hydrogens is 442 g/mol. The molecule has 0 saturated carbocycles. The zero-order valence-electron chi connectivity index (χ0n) is 15.5. The number of anilines is 1. The third kappa shape index (κ3) is 3.94. The van der Waals surface area contributed by atoms with E-state index in [0.717, 1.165) is 29.3 Å². The van der Waals surface area contributed by atoms with Crippen LogP contribution >= 0.6 is 23.2 Å². The van der Waals surface area contributed by atoms with Gasteiger partial charge in [-0.25, -0.2) is 4.79 Å². The van der Waals surface area contributed by atoms with Crippen molar-refractivity contribution in [2.75, 3.05) is 25.0 Å². The van der Waals surface area contributed by atoms with Gasteiger partial charge in [0.25, 0.3) is 0 Å². The number of benzene rings is 2. The van der Waals surface area contributed by atoms with Crippen LogP contribution in [0.4, 0.5) is 23.7 Å². The number of carbonyl (C=O) groups excluding carboxylic acids is 2. The van der Waals surface area contributed by atoms with Gasteiger partial charge in [-0.05, 0) is 47.9 Å². The molecule has 0 radical (unpaired) electrons. The Hall–Kier alpha value is -2.45. The standard InChI is InChI=1S/C20H16Cl2F3N3O2/c21-13-3-1-11-5-6-28-17(14(11)8-13)9-27(10-18(28)29)19(30)26-16-7-12(20(23,24)25)2-4-15(16)22/h1-4,7-8,17H,5-6,9-10H2,(H,26,30). The van der Waals surface area contributed by atoms with E-state index in [4.69, 9.17) is 23.2 Å². The fraction of sp³-hybridized carbons (Fsp3) is 0.300. The Balaban J connectivity index is 1.57. The number of hydrogen-bond donors (Lipinski definition) is 1. The highest BCUT2D eigenvalue weighted by molar-refractivity contribution is 6.33. The van der Waals surface area contributed by atoms with Gasteiger partial charge in [-0.15, -0.1) is 0 Å². The van der Waals surface area contributed by atoms with Crippen molar-refractivity contribution in [3.63, 3.8) is 0 Å². The molecular formula is C20H16Cl2F3N3O2. The lowest BCUT2D eigenvalue weighted by molar-refractivity contribution is -0.139. The molecule has 4 rings (SSSR count). The van der Waals surface area contributed by atoms with Gasteiger partial charge in [-0.3, -0.25) is 4.79 Å². The van der Waals surface area contributed by atoms with Gasteiger partial charge < -0.3 is 15.1 Å². The summed E-state index contributed by atoms with van der Waals surface area (Å²) in [5.41, 5.74) is 0.825. The van der Waals surface area contributed by atoms with Crippen molar-refractivity contribution >= 4 is 40.8 Å². The summed E-state index contributed by atoms with van der Waals surface area (Å²) in [6.07, 6.45) is -3.88. The summed E-state index contributed by atoms with van der Waals surface area (Å²) in [6.45, 7) is 0.559. The molecule has 3 amide bonds. The number of nitrogens with zero attached hydrogens (tertiary/aromatic N) is 2. The lowest BCUT2D eigenvalue weighted by atomic mass is 9.91. The minimum atomic E-state index is -4.57. The fourth-order valence-electron chi connectivity index (χ4n) is 3.84. The first-order chi connectivity index (χ1) is 14.1. The van der Waals surface area contributed by atoms with E-state index >= 15 is 0 Å². The van der Waals surface area contributed by atoms with E-state index in [-0.39, 0.29) is 35.7 Å². The molecule has 2 aromatic rings. The highest BCUT2D eigenvalue weighted by Gasteiger charge is 2.39. The van der Waals surface area contributed by atoms with Crippen LogP contribution in [0.3, 0.4) is 0 Å². The van der Waals surface area contributed by atoms with E-state index in [1.54, 1.807) is 17.0 Å². The Labute approximate surface area is 180 Å². The molecule has 30 heavy (non-hydrogen) atoms. The number of nitrogens with one attached hydrogen (secondary N) is 1. The normalized spacial score (nSPS) is 18.7. The molecule has 1 unspecified atom stereocenters. The van der Waals surface area contributed by atoms with Crippen molar-refractivity contribution in [3.8, 4) is 0 Å². The number of carbonyl (C=O) groups is 2. The van der Waals surface area contributed by atoms with Gasteiger partial charge in [0.05, 0.1) is 22.3 Å². The highest BCUT2D eigenvalue weighted by atomic mass is 35.5. The van der Waals surface area contributed by atoms with Crippen LogP contribution < -0.4 is 5.32 Å². The molecule has 1 N–H and O–H groups in total. The molecule has 1 saturated heterocycles. The molecule has 158 valence electrons. The van der Waals surface area contributed by atoms with Crippen LogP contribution in [0, 0.1) is 0 Å². The van der Waals surface area contributed by atoms with Gasteiger partial charge in [0, 0.05) is 18.1 Å². The van der Waals surface area contributed by atoms with Gasteiger partial charge in [-0.1, -0.05) is 29.3 Å². The summed E-state index contributed by atoms with van der Waals surface area (Å²) in [5.74, 6) is -0.234. The van der Waals surface area contributed by atoms with Crippen molar-refractivity contribution < 1.29 is 22.8 Å². The van der Waals surface area contributed by atoms with Crippen LogP contribution in [0.25, 0.3) is 0 Å². The van der Waals surface area contributed by atoms with Crippen molar-refractivity contribution in [1.82, 2.24) is 9.80 Å². The van der Waals surface area contributed by atoms with Crippen LogP contribution in [0.1, 0.15) is 22.7 Å². The van der Waals surface area contributed by atoms with E-state index in [0.29, 0.717) is 18.0 Å².